The molecule has 0 unspecified atom stereocenters. The molecule has 0 bridgehead atoms. The Balaban J connectivity index is 1.83. The number of halogens is 2. The molecule has 0 atom stereocenters. The van der Waals surface area contributed by atoms with Crippen LogP contribution in [0, 0.1) is 0 Å². The van der Waals surface area contributed by atoms with Crippen LogP contribution in [-0.4, -0.2) is 37.0 Å². The number of hydrogen-bond acceptors (Lipinski definition) is 2. The highest BCUT2D eigenvalue weighted by Gasteiger charge is 2.25. The fourth-order valence-electron chi connectivity index (χ4n) is 1.83. The highest BCUT2D eigenvalue weighted by molar-refractivity contribution is 9.11. The van der Waals surface area contributed by atoms with E-state index < -0.39 is 0 Å². The van der Waals surface area contributed by atoms with Gasteiger partial charge in [-0.3, -0.25) is 4.79 Å². The molecule has 0 radical (unpaired) electrons. The van der Waals surface area contributed by atoms with E-state index in [1.807, 2.05) is 18.2 Å². The zero-order valence-corrected chi connectivity index (χ0v) is 13.4. The third-order valence-electron chi connectivity index (χ3n) is 3.05. The molecule has 1 amide bonds. The summed E-state index contributed by atoms with van der Waals surface area (Å²) in [5, 5.41) is 2.94. The van der Waals surface area contributed by atoms with Crippen molar-refractivity contribution >= 4 is 37.8 Å². The fourth-order valence-corrected chi connectivity index (χ4v) is 3.12. The Bertz CT molecular complexity index is 426. The van der Waals surface area contributed by atoms with E-state index in [1.54, 1.807) is 0 Å². The summed E-state index contributed by atoms with van der Waals surface area (Å²) in [7, 11) is 2.11. The van der Waals surface area contributed by atoms with Crippen molar-refractivity contribution < 1.29 is 4.79 Å². The van der Waals surface area contributed by atoms with Gasteiger partial charge in [0.2, 0.25) is 0 Å². The molecule has 3 nitrogen and oxygen atoms in total. The van der Waals surface area contributed by atoms with Crippen LogP contribution in [0.25, 0.3) is 0 Å². The molecule has 0 heterocycles. The molecule has 18 heavy (non-hydrogen) atoms. The lowest BCUT2D eigenvalue weighted by Crippen LogP contribution is -2.33. The van der Waals surface area contributed by atoms with Crippen molar-refractivity contribution in [2.24, 2.45) is 0 Å². The van der Waals surface area contributed by atoms with E-state index in [0.717, 1.165) is 21.5 Å². The van der Waals surface area contributed by atoms with Crippen LogP contribution in [0.3, 0.4) is 0 Å². The summed E-state index contributed by atoms with van der Waals surface area (Å²) in [6.07, 6.45) is 2.59. The summed E-state index contributed by atoms with van der Waals surface area (Å²) in [4.78, 5) is 14.2. The van der Waals surface area contributed by atoms with E-state index in [-0.39, 0.29) is 5.91 Å². The van der Waals surface area contributed by atoms with Crippen molar-refractivity contribution in [2.45, 2.75) is 18.9 Å². The largest absolute Gasteiger partial charge is 0.351 e. The molecule has 0 aromatic heterocycles. The topological polar surface area (TPSA) is 32.3 Å². The summed E-state index contributed by atoms with van der Waals surface area (Å²) in [6.45, 7) is 1.60. The number of benzene rings is 1. The van der Waals surface area contributed by atoms with E-state index in [1.165, 1.54) is 12.8 Å². The molecule has 2 rings (SSSR count). The minimum Gasteiger partial charge on any atom is -0.351 e. The van der Waals surface area contributed by atoms with E-state index in [9.17, 15) is 4.79 Å². The maximum absolute atomic E-state index is 11.9. The fraction of sp³-hybridized carbons (Fsp3) is 0.462. The Morgan fingerprint density at radius 1 is 1.33 bits per heavy atom. The number of hydrogen-bond donors (Lipinski definition) is 1. The number of carbonyl (C=O) groups excluding carboxylic acids is 1. The molecule has 0 aliphatic heterocycles. The normalized spacial score (nSPS) is 14.9. The van der Waals surface area contributed by atoms with Crippen LogP contribution in [0.5, 0.6) is 0 Å². The molecular formula is C13H16Br2N2O. The van der Waals surface area contributed by atoms with Gasteiger partial charge in [-0.15, -0.1) is 0 Å². The lowest BCUT2D eigenvalue weighted by molar-refractivity contribution is 0.0949. The van der Waals surface area contributed by atoms with Crippen molar-refractivity contribution in [3.05, 3.63) is 32.7 Å². The summed E-state index contributed by atoms with van der Waals surface area (Å²) >= 11 is 6.76. The number of nitrogens with one attached hydrogen (secondary N) is 1. The second-order valence-corrected chi connectivity index (χ2v) is 6.46. The highest BCUT2D eigenvalue weighted by atomic mass is 79.9. The number of carbonyl (C=O) groups is 1. The lowest BCUT2D eigenvalue weighted by atomic mass is 10.2. The maximum atomic E-state index is 11.9. The first-order valence-electron chi connectivity index (χ1n) is 6.01. The summed E-state index contributed by atoms with van der Waals surface area (Å²) < 4.78 is 1.80. The predicted octanol–water partition coefficient (Wildman–Crippen LogP) is 3.04. The first kappa shape index (κ1) is 14.0. The molecule has 1 aliphatic carbocycles. The average molecular weight is 376 g/mol. The van der Waals surface area contributed by atoms with Crippen LogP contribution in [0.4, 0.5) is 0 Å². The monoisotopic (exact) mass is 374 g/mol. The van der Waals surface area contributed by atoms with Crippen LogP contribution < -0.4 is 5.32 Å². The minimum absolute atomic E-state index is 0.0267. The summed E-state index contributed by atoms with van der Waals surface area (Å²) in [5.74, 6) is -0.0267. The standard InChI is InChI=1S/C13H16Br2N2O/c1-17(12-2-3-12)5-4-16-13(18)9-6-10(14)8-11(15)7-9/h6-8,12H,2-5H2,1H3,(H,16,18). The summed E-state index contributed by atoms with van der Waals surface area (Å²) in [5.41, 5.74) is 0.672. The highest BCUT2D eigenvalue weighted by Crippen LogP contribution is 2.24. The van der Waals surface area contributed by atoms with E-state index in [2.05, 4.69) is 49.1 Å². The van der Waals surface area contributed by atoms with Gasteiger partial charge in [-0.05, 0) is 38.1 Å². The molecule has 1 saturated carbocycles. The van der Waals surface area contributed by atoms with Gasteiger partial charge in [-0.25, -0.2) is 0 Å². The summed E-state index contributed by atoms with van der Waals surface area (Å²) in [6, 6.07) is 6.30. The molecule has 1 aliphatic rings. The van der Waals surface area contributed by atoms with Crippen LogP contribution in [-0.2, 0) is 0 Å². The first-order chi connectivity index (χ1) is 8.56. The Morgan fingerprint density at radius 2 is 1.94 bits per heavy atom. The van der Waals surface area contributed by atoms with Gasteiger partial charge < -0.3 is 10.2 Å². The predicted molar refractivity (Wildman–Crippen MR) is 79.8 cm³/mol. The van der Waals surface area contributed by atoms with Crippen molar-refractivity contribution in [1.29, 1.82) is 0 Å². The van der Waals surface area contributed by atoms with Crippen LogP contribution in [0.2, 0.25) is 0 Å². The zero-order valence-electron chi connectivity index (χ0n) is 10.2. The van der Waals surface area contributed by atoms with E-state index >= 15 is 0 Å². The molecule has 1 aromatic rings. The molecule has 5 heteroatoms. The van der Waals surface area contributed by atoms with Gasteiger partial charge in [-0.2, -0.15) is 0 Å². The van der Waals surface area contributed by atoms with Gasteiger partial charge in [-0.1, -0.05) is 31.9 Å². The quantitative estimate of drug-likeness (QED) is 0.857. The number of amides is 1. The Kier molecular flexibility index (Phi) is 4.81. The van der Waals surface area contributed by atoms with Crippen LogP contribution in [0.1, 0.15) is 23.2 Å². The molecular weight excluding hydrogens is 360 g/mol. The minimum atomic E-state index is -0.0267. The van der Waals surface area contributed by atoms with Crippen molar-refractivity contribution in [1.82, 2.24) is 10.2 Å². The van der Waals surface area contributed by atoms with Gasteiger partial charge >= 0.3 is 0 Å². The zero-order chi connectivity index (χ0) is 13.1. The molecule has 1 fully saturated rings. The second kappa shape index (κ2) is 6.17. The van der Waals surface area contributed by atoms with Gasteiger partial charge in [0.1, 0.15) is 0 Å². The Hall–Kier alpha value is -0.390. The van der Waals surface area contributed by atoms with Gasteiger partial charge in [0.05, 0.1) is 0 Å². The van der Waals surface area contributed by atoms with Crippen molar-refractivity contribution in [3.8, 4) is 0 Å². The maximum Gasteiger partial charge on any atom is 0.251 e. The van der Waals surface area contributed by atoms with E-state index in [4.69, 9.17) is 0 Å². The lowest BCUT2D eigenvalue weighted by Gasteiger charge is -2.15. The second-order valence-electron chi connectivity index (χ2n) is 4.63. The van der Waals surface area contributed by atoms with Crippen molar-refractivity contribution in [2.75, 3.05) is 20.1 Å². The SMILES string of the molecule is CN(CCNC(=O)c1cc(Br)cc(Br)c1)C1CC1. The van der Waals surface area contributed by atoms with Crippen LogP contribution in [0.15, 0.2) is 27.1 Å². The van der Waals surface area contributed by atoms with Crippen LogP contribution >= 0.6 is 31.9 Å². The van der Waals surface area contributed by atoms with Gasteiger partial charge in [0.25, 0.3) is 5.91 Å². The average Bonchev–Trinajstić information content (AvgIpc) is 3.11. The van der Waals surface area contributed by atoms with Gasteiger partial charge in [0.15, 0.2) is 0 Å². The first-order valence-corrected chi connectivity index (χ1v) is 7.59. The Morgan fingerprint density at radius 3 is 2.50 bits per heavy atom. The molecule has 0 spiro atoms. The molecule has 98 valence electrons. The Labute approximate surface area is 124 Å². The molecule has 0 saturated heterocycles. The number of nitrogens with zero attached hydrogens (tertiary/aromatic N) is 1. The van der Waals surface area contributed by atoms with E-state index in [0.29, 0.717) is 12.1 Å². The smallest absolute Gasteiger partial charge is 0.251 e. The third kappa shape index (κ3) is 4.07. The van der Waals surface area contributed by atoms with Gasteiger partial charge in [0, 0.05) is 33.6 Å². The number of likely N-dealkylation sites (N-methyl/N-ethyl adjacent to an activating group) is 1. The number of rotatable bonds is 5. The molecule has 1 aromatic carbocycles. The third-order valence-corrected chi connectivity index (χ3v) is 3.96. The van der Waals surface area contributed by atoms with Crippen molar-refractivity contribution in [3.63, 3.8) is 0 Å². The molecule has 1 N–H and O–H groups in total.